The van der Waals surface area contributed by atoms with E-state index in [1.54, 1.807) is 48.9 Å². The first-order valence-electron chi connectivity index (χ1n) is 18.1. The summed E-state index contributed by atoms with van der Waals surface area (Å²) in [5.74, 6) is -2.19. The number of pyridine rings is 2. The Balaban J connectivity index is 1.61. The molecule has 2 saturated heterocycles. The van der Waals surface area contributed by atoms with Crippen LogP contribution in [0.3, 0.4) is 0 Å². The zero-order valence-corrected chi connectivity index (χ0v) is 32.7. The number of rotatable bonds is 5. The molecule has 11 nitrogen and oxygen atoms in total. The highest BCUT2D eigenvalue weighted by Gasteiger charge is 2.51. The average Bonchev–Trinajstić information content (AvgIpc) is 3.07. The van der Waals surface area contributed by atoms with Crippen molar-refractivity contribution < 1.29 is 27.8 Å². The normalized spacial score (nSPS) is 19.3. The molecule has 0 spiro atoms. The maximum Gasteiger partial charge on any atom is 0.410 e. The third kappa shape index (κ3) is 5.96. The van der Waals surface area contributed by atoms with E-state index in [1.165, 1.54) is 34.8 Å². The first-order valence-corrected chi connectivity index (χ1v) is 18.5. The molecule has 0 N–H and O–H groups in total. The third-order valence-corrected chi connectivity index (χ3v) is 10.8. The molecule has 2 fully saturated rings. The molecule has 0 saturated carbocycles. The van der Waals surface area contributed by atoms with Crippen molar-refractivity contribution in [2.75, 3.05) is 50.1 Å². The Morgan fingerprint density at radius 2 is 1.72 bits per heavy atom. The number of ether oxygens (including phenoxy) is 2. The second-order valence-electron chi connectivity index (χ2n) is 15.8. The second kappa shape index (κ2) is 13.5. The van der Waals surface area contributed by atoms with Gasteiger partial charge in [-0.15, -0.1) is 0 Å². The van der Waals surface area contributed by atoms with E-state index in [0.29, 0.717) is 35.7 Å². The highest BCUT2D eigenvalue weighted by molar-refractivity contribution is 6.35. The summed E-state index contributed by atoms with van der Waals surface area (Å²) in [6, 6.07) is 5.66. The number of likely N-dealkylation sites (N-methyl/N-ethyl adjacent to an activating group) is 1. The standard InChI is InChI=1S/C40H45ClF2N6O5/c1-20(2)32-33(21(3)13-14-44-32)49-34-24(15-25(41)29(31(34)43)30-26(42)11-10-12-28(30)53-9)35-36(38(49)51)48(23-17-45(8)18-23)37(50)27-19-46(22(4)16-47(27)35)39(52)54-40(5,6)7/h10-15,20,22-23,27H,16-19H2,1-9H3/t22-,27-/m1/s1. The smallest absolute Gasteiger partial charge is 0.410 e. The van der Waals surface area contributed by atoms with Crippen LogP contribution in [0.5, 0.6) is 5.75 Å². The lowest BCUT2D eigenvalue weighted by molar-refractivity contribution is -0.122. The zero-order chi connectivity index (χ0) is 39.1. The number of carbonyl (C=O) groups is 2. The molecule has 2 aromatic carbocycles. The molecule has 5 heterocycles. The molecule has 0 aliphatic carbocycles. The summed E-state index contributed by atoms with van der Waals surface area (Å²) in [6.45, 7) is 13.9. The van der Waals surface area contributed by atoms with Gasteiger partial charge in [0, 0.05) is 42.8 Å². The number of amides is 2. The molecule has 286 valence electrons. The topological polar surface area (TPSA) is 100 Å². The van der Waals surface area contributed by atoms with Crippen molar-refractivity contribution in [2.45, 2.75) is 78.1 Å². The Hall–Kier alpha value is -4.75. The molecule has 2 aromatic heterocycles. The average molecular weight is 763 g/mol. The van der Waals surface area contributed by atoms with Gasteiger partial charge in [0.2, 0.25) is 0 Å². The molecule has 0 bridgehead atoms. The molecule has 3 aliphatic heterocycles. The number of likely N-dealkylation sites (tertiary alicyclic amines) is 1. The maximum absolute atomic E-state index is 17.9. The number of carbonyl (C=O) groups excluding carboxylic acids is 2. The fraction of sp³-hybridized carbons (Fsp3) is 0.450. The predicted molar refractivity (Wildman–Crippen MR) is 205 cm³/mol. The van der Waals surface area contributed by atoms with E-state index in [1.807, 2.05) is 39.6 Å². The van der Waals surface area contributed by atoms with Gasteiger partial charge in [0.25, 0.3) is 11.5 Å². The molecule has 0 unspecified atom stereocenters. The van der Waals surface area contributed by atoms with E-state index in [0.717, 1.165) is 0 Å². The number of nitrogens with zero attached hydrogens (tertiary/aromatic N) is 6. The van der Waals surface area contributed by atoms with Crippen LogP contribution in [0.1, 0.15) is 58.7 Å². The summed E-state index contributed by atoms with van der Waals surface area (Å²) in [5.41, 5.74) is -0.0730. The summed E-state index contributed by atoms with van der Waals surface area (Å²) in [6.07, 6.45) is 1.08. The van der Waals surface area contributed by atoms with Crippen molar-refractivity contribution in [3.63, 3.8) is 0 Å². The quantitative estimate of drug-likeness (QED) is 0.217. The molecule has 54 heavy (non-hydrogen) atoms. The van der Waals surface area contributed by atoms with Crippen LogP contribution in [0.25, 0.3) is 27.7 Å². The lowest BCUT2D eigenvalue weighted by Crippen LogP contribution is -2.71. The minimum Gasteiger partial charge on any atom is -0.496 e. The van der Waals surface area contributed by atoms with E-state index >= 15 is 13.6 Å². The Morgan fingerprint density at radius 3 is 2.35 bits per heavy atom. The number of halogens is 3. The Kier molecular flexibility index (Phi) is 9.41. The molecule has 4 aromatic rings. The van der Waals surface area contributed by atoms with Gasteiger partial charge in [-0.1, -0.05) is 31.5 Å². The van der Waals surface area contributed by atoms with E-state index in [2.05, 4.69) is 4.98 Å². The van der Waals surface area contributed by atoms with Crippen molar-refractivity contribution in [2.24, 2.45) is 0 Å². The number of hydrogen-bond acceptors (Lipinski definition) is 8. The lowest BCUT2D eigenvalue weighted by atomic mass is 9.93. The highest BCUT2D eigenvalue weighted by atomic mass is 35.5. The molecule has 14 heteroatoms. The SMILES string of the molecule is COc1cccc(F)c1-c1c(Cl)cc2c3c(c(=O)n(-c4c(C)ccnc4C(C)C)c2c1F)N(C1CN(C)C1)C(=O)[C@H]1CN(C(=O)OC(C)(C)C)[C@H](C)CN31. The van der Waals surface area contributed by atoms with E-state index in [4.69, 9.17) is 21.1 Å². The van der Waals surface area contributed by atoms with Crippen molar-refractivity contribution >= 4 is 45.9 Å². The van der Waals surface area contributed by atoms with Gasteiger partial charge in [-0.2, -0.15) is 0 Å². The number of aromatic nitrogens is 2. The van der Waals surface area contributed by atoms with Gasteiger partial charge in [0.05, 0.1) is 52.9 Å². The molecule has 3 aliphatic rings. The Labute approximate surface area is 318 Å². The number of hydrogen-bond donors (Lipinski definition) is 0. The minimum atomic E-state index is -0.942. The van der Waals surface area contributed by atoms with Gasteiger partial charge >= 0.3 is 6.09 Å². The monoisotopic (exact) mass is 762 g/mol. The summed E-state index contributed by atoms with van der Waals surface area (Å²) in [5, 5.41) is 0.129. The third-order valence-electron chi connectivity index (χ3n) is 10.5. The van der Waals surface area contributed by atoms with Gasteiger partial charge in [-0.3, -0.25) is 24.0 Å². The van der Waals surface area contributed by atoms with Gasteiger partial charge in [-0.25, -0.2) is 13.6 Å². The Bertz CT molecular complexity index is 2270. The molecular formula is C40H45ClF2N6O5. The van der Waals surface area contributed by atoms with Crippen LogP contribution in [-0.2, 0) is 9.53 Å². The van der Waals surface area contributed by atoms with Gasteiger partial charge in [0.1, 0.15) is 28.9 Å². The number of fused-ring (bicyclic) bond motifs is 5. The highest BCUT2D eigenvalue weighted by Crippen LogP contribution is 2.49. The number of piperazine rings is 1. The van der Waals surface area contributed by atoms with E-state index in [9.17, 15) is 9.59 Å². The van der Waals surface area contributed by atoms with Crippen LogP contribution >= 0.6 is 11.6 Å². The van der Waals surface area contributed by atoms with Crippen LogP contribution < -0.4 is 20.1 Å². The summed E-state index contributed by atoms with van der Waals surface area (Å²) in [7, 11) is 3.28. The molecule has 2 atom stereocenters. The van der Waals surface area contributed by atoms with Gasteiger partial charge in [-0.05, 0) is 77.4 Å². The summed E-state index contributed by atoms with van der Waals surface area (Å²) < 4.78 is 46.1. The van der Waals surface area contributed by atoms with E-state index in [-0.39, 0.29) is 69.4 Å². The van der Waals surface area contributed by atoms with Crippen molar-refractivity contribution in [3.8, 4) is 22.6 Å². The summed E-state index contributed by atoms with van der Waals surface area (Å²) in [4.78, 5) is 55.4. The maximum atomic E-state index is 17.9. The van der Waals surface area contributed by atoms with Crippen LogP contribution in [0.15, 0.2) is 41.3 Å². The minimum absolute atomic E-state index is 0.0298. The van der Waals surface area contributed by atoms with Gasteiger partial charge in [0.15, 0.2) is 5.82 Å². The number of benzene rings is 2. The molecule has 7 rings (SSSR count). The number of methoxy groups -OCH3 is 1. The molecular weight excluding hydrogens is 718 g/mol. The lowest BCUT2D eigenvalue weighted by Gasteiger charge is -2.53. The van der Waals surface area contributed by atoms with Crippen LogP contribution in [-0.4, -0.2) is 95.4 Å². The second-order valence-corrected chi connectivity index (χ2v) is 16.3. The van der Waals surface area contributed by atoms with Gasteiger partial charge < -0.3 is 24.2 Å². The first kappa shape index (κ1) is 37.6. The number of aryl methyl sites for hydroxylation is 1. The van der Waals surface area contributed by atoms with Crippen LogP contribution in [0.2, 0.25) is 5.02 Å². The Morgan fingerprint density at radius 1 is 1.02 bits per heavy atom. The largest absolute Gasteiger partial charge is 0.496 e. The van der Waals surface area contributed by atoms with Crippen molar-refractivity contribution in [1.82, 2.24) is 19.4 Å². The molecule has 0 radical (unpaired) electrons. The first-order chi connectivity index (χ1) is 25.4. The van der Waals surface area contributed by atoms with Crippen LogP contribution in [0.4, 0.5) is 25.0 Å². The van der Waals surface area contributed by atoms with Crippen LogP contribution in [0, 0.1) is 18.6 Å². The summed E-state index contributed by atoms with van der Waals surface area (Å²) >= 11 is 7.02. The number of anilines is 2. The fourth-order valence-corrected chi connectivity index (χ4v) is 8.35. The fourth-order valence-electron chi connectivity index (χ4n) is 8.07. The van der Waals surface area contributed by atoms with Crippen molar-refractivity contribution in [3.05, 3.63) is 74.8 Å². The molecule has 2 amide bonds. The predicted octanol–water partition coefficient (Wildman–Crippen LogP) is 6.90. The zero-order valence-electron chi connectivity index (χ0n) is 32.0. The van der Waals surface area contributed by atoms with E-state index < -0.39 is 41.0 Å². The van der Waals surface area contributed by atoms with Crippen molar-refractivity contribution in [1.29, 1.82) is 0 Å².